The Morgan fingerprint density at radius 3 is 2.40 bits per heavy atom. The van der Waals surface area contributed by atoms with E-state index < -0.39 is 0 Å². The van der Waals surface area contributed by atoms with Crippen LogP contribution in [0.1, 0.15) is 51.3 Å². The summed E-state index contributed by atoms with van der Waals surface area (Å²) in [5.41, 5.74) is 2.02. The number of nitrogens with zero attached hydrogens (tertiary/aromatic N) is 2. The van der Waals surface area contributed by atoms with Gasteiger partial charge in [0, 0.05) is 22.4 Å². The number of amides is 2. The summed E-state index contributed by atoms with van der Waals surface area (Å²) in [5, 5.41) is 6.62. The lowest BCUT2D eigenvalue weighted by Crippen LogP contribution is -2.44. The lowest BCUT2D eigenvalue weighted by molar-refractivity contribution is -0.127. The molecule has 3 rings (SSSR count). The predicted octanol–water partition coefficient (Wildman–Crippen LogP) is 4.11. The van der Waals surface area contributed by atoms with Crippen LogP contribution in [-0.4, -0.2) is 47.4 Å². The SMILES string of the molecule is CC(C)NC(=O)C1CCN(CC(=O)Nc2nc(-c3ccccc3)c(C(C)C)s2)CC1. The Hall–Kier alpha value is -2.25. The minimum atomic E-state index is -0.0521. The standard InChI is InChI=1S/C23H32N4O2S/c1-15(2)21-20(17-8-6-5-7-9-17)26-23(30-21)25-19(28)14-27-12-10-18(11-13-27)22(29)24-16(3)4/h5-9,15-16,18H,10-14H2,1-4H3,(H,24,29)(H,25,26,28). The first-order valence-electron chi connectivity index (χ1n) is 10.7. The van der Waals surface area contributed by atoms with E-state index in [1.54, 1.807) is 11.3 Å². The summed E-state index contributed by atoms with van der Waals surface area (Å²) >= 11 is 1.55. The van der Waals surface area contributed by atoms with E-state index in [-0.39, 0.29) is 23.8 Å². The van der Waals surface area contributed by atoms with Crippen molar-refractivity contribution in [2.75, 3.05) is 25.0 Å². The average molecular weight is 429 g/mol. The number of carbonyl (C=O) groups is 2. The van der Waals surface area contributed by atoms with Crippen LogP contribution in [0.25, 0.3) is 11.3 Å². The van der Waals surface area contributed by atoms with Crippen molar-refractivity contribution in [2.45, 2.75) is 52.5 Å². The van der Waals surface area contributed by atoms with Crippen LogP contribution in [0.3, 0.4) is 0 Å². The Morgan fingerprint density at radius 1 is 1.13 bits per heavy atom. The number of carbonyl (C=O) groups excluding carboxylic acids is 2. The van der Waals surface area contributed by atoms with E-state index in [1.807, 2.05) is 44.2 Å². The van der Waals surface area contributed by atoms with E-state index in [2.05, 4.69) is 29.4 Å². The maximum absolute atomic E-state index is 12.6. The van der Waals surface area contributed by atoms with Crippen molar-refractivity contribution in [2.24, 2.45) is 5.92 Å². The molecule has 0 bridgehead atoms. The van der Waals surface area contributed by atoms with Crippen LogP contribution in [0.15, 0.2) is 30.3 Å². The number of hydrogen-bond acceptors (Lipinski definition) is 5. The van der Waals surface area contributed by atoms with Crippen molar-refractivity contribution in [1.29, 1.82) is 0 Å². The molecule has 0 aliphatic carbocycles. The molecule has 0 spiro atoms. The van der Waals surface area contributed by atoms with Gasteiger partial charge in [-0.15, -0.1) is 11.3 Å². The minimum absolute atomic E-state index is 0.0488. The van der Waals surface area contributed by atoms with E-state index in [4.69, 9.17) is 4.98 Å². The third-order valence-corrected chi connectivity index (χ3v) is 6.50. The monoisotopic (exact) mass is 428 g/mol. The van der Waals surface area contributed by atoms with E-state index in [9.17, 15) is 9.59 Å². The van der Waals surface area contributed by atoms with Crippen molar-refractivity contribution >= 4 is 28.3 Å². The summed E-state index contributed by atoms with van der Waals surface area (Å²) in [6, 6.07) is 10.3. The zero-order valence-corrected chi connectivity index (χ0v) is 19.1. The smallest absolute Gasteiger partial charge is 0.240 e. The number of rotatable bonds is 7. The van der Waals surface area contributed by atoms with Gasteiger partial charge in [0.05, 0.1) is 12.2 Å². The molecule has 0 radical (unpaired) electrons. The summed E-state index contributed by atoms with van der Waals surface area (Å²) < 4.78 is 0. The fraction of sp³-hybridized carbons (Fsp3) is 0.522. The van der Waals surface area contributed by atoms with Gasteiger partial charge in [-0.25, -0.2) is 4.98 Å². The Morgan fingerprint density at radius 2 is 1.80 bits per heavy atom. The molecule has 1 aromatic heterocycles. The van der Waals surface area contributed by atoms with Gasteiger partial charge in [0.15, 0.2) is 5.13 Å². The maximum Gasteiger partial charge on any atom is 0.240 e. The molecule has 1 saturated heterocycles. The Kier molecular flexibility index (Phi) is 7.61. The fourth-order valence-corrected chi connectivity index (χ4v) is 4.70. The molecule has 30 heavy (non-hydrogen) atoms. The van der Waals surface area contributed by atoms with Gasteiger partial charge in [-0.1, -0.05) is 44.2 Å². The van der Waals surface area contributed by atoms with Crippen LogP contribution >= 0.6 is 11.3 Å². The number of aromatic nitrogens is 1. The summed E-state index contributed by atoms with van der Waals surface area (Å²) in [5.74, 6) is 0.461. The molecular formula is C23H32N4O2S. The van der Waals surface area contributed by atoms with Crippen LogP contribution in [0.5, 0.6) is 0 Å². The molecule has 1 aliphatic heterocycles. The lowest BCUT2D eigenvalue weighted by atomic mass is 9.95. The number of anilines is 1. The first-order valence-corrected chi connectivity index (χ1v) is 11.5. The summed E-state index contributed by atoms with van der Waals surface area (Å²) in [4.78, 5) is 32.8. The Balaban J connectivity index is 1.56. The van der Waals surface area contributed by atoms with Gasteiger partial charge in [0.25, 0.3) is 0 Å². The van der Waals surface area contributed by atoms with Crippen molar-refractivity contribution in [3.05, 3.63) is 35.2 Å². The highest BCUT2D eigenvalue weighted by Gasteiger charge is 2.26. The molecule has 7 heteroatoms. The molecule has 0 atom stereocenters. The number of likely N-dealkylation sites (tertiary alicyclic amines) is 1. The second-order valence-corrected chi connectivity index (χ2v) is 9.55. The number of nitrogens with one attached hydrogen (secondary N) is 2. The lowest BCUT2D eigenvalue weighted by Gasteiger charge is -2.31. The van der Waals surface area contributed by atoms with Crippen molar-refractivity contribution in [3.63, 3.8) is 0 Å². The number of piperidine rings is 1. The molecule has 162 valence electrons. The van der Waals surface area contributed by atoms with Gasteiger partial charge in [-0.2, -0.15) is 0 Å². The van der Waals surface area contributed by atoms with Gasteiger partial charge < -0.3 is 10.6 Å². The van der Waals surface area contributed by atoms with Gasteiger partial charge in [-0.05, 0) is 45.7 Å². The number of benzene rings is 1. The molecular weight excluding hydrogens is 396 g/mol. The maximum atomic E-state index is 12.6. The highest BCUT2D eigenvalue weighted by molar-refractivity contribution is 7.16. The third-order valence-electron chi connectivity index (χ3n) is 5.23. The van der Waals surface area contributed by atoms with Crippen molar-refractivity contribution < 1.29 is 9.59 Å². The second-order valence-electron chi connectivity index (χ2n) is 8.51. The molecule has 6 nitrogen and oxygen atoms in total. The topological polar surface area (TPSA) is 74.3 Å². The second kappa shape index (κ2) is 10.2. The van der Waals surface area contributed by atoms with Gasteiger partial charge in [0.1, 0.15) is 0 Å². The fourth-order valence-electron chi connectivity index (χ4n) is 3.70. The van der Waals surface area contributed by atoms with Crippen LogP contribution in [0, 0.1) is 5.92 Å². The Labute approximate surface area is 183 Å². The predicted molar refractivity (Wildman–Crippen MR) is 123 cm³/mol. The van der Waals surface area contributed by atoms with Gasteiger partial charge >= 0.3 is 0 Å². The highest BCUT2D eigenvalue weighted by atomic mass is 32.1. The molecule has 1 aromatic carbocycles. The molecule has 2 amide bonds. The quantitative estimate of drug-likeness (QED) is 0.696. The van der Waals surface area contributed by atoms with E-state index >= 15 is 0 Å². The van der Waals surface area contributed by atoms with Gasteiger partial charge in [-0.3, -0.25) is 14.5 Å². The van der Waals surface area contributed by atoms with Crippen LogP contribution in [0.2, 0.25) is 0 Å². The third kappa shape index (κ3) is 5.89. The number of thiazole rings is 1. The number of hydrogen-bond donors (Lipinski definition) is 2. The van der Waals surface area contributed by atoms with Crippen molar-refractivity contribution in [3.8, 4) is 11.3 Å². The highest BCUT2D eigenvalue weighted by Crippen LogP contribution is 2.36. The molecule has 0 saturated carbocycles. The molecule has 2 N–H and O–H groups in total. The Bertz CT molecular complexity index is 855. The van der Waals surface area contributed by atoms with Crippen LogP contribution in [0.4, 0.5) is 5.13 Å². The summed E-state index contributed by atoms with van der Waals surface area (Å²) in [6.07, 6.45) is 1.58. The van der Waals surface area contributed by atoms with E-state index in [1.165, 1.54) is 4.88 Å². The summed E-state index contributed by atoms with van der Waals surface area (Å²) in [6.45, 7) is 10.1. The van der Waals surface area contributed by atoms with E-state index in [0.717, 1.165) is 37.2 Å². The molecule has 1 aliphatic rings. The molecule has 2 heterocycles. The van der Waals surface area contributed by atoms with E-state index in [0.29, 0.717) is 17.6 Å². The first-order chi connectivity index (χ1) is 14.3. The average Bonchev–Trinajstić information content (AvgIpc) is 3.12. The molecule has 0 unspecified atom stereocenters. The van der Waals surface area contributed by atoms with Gasteiger partial charge in [0.2, 0.25) is 11.8 Å². The van der Waals surface area contributed by atoms with Crippen LogP contribution < -0.4 is 10.6 Å². The van der Waals surface area contributed by atoms with Crippen molar-refractivity contribution in [1.82, 2.24) is 15.2 Å². The molecule has 1 fully saturated rings. The minimum Gasteiger partial charge on any atom is -0.354 e. The normalized spacial score (nSPS) is 15.5. The largest absolute Gasteiger partial charge is 0.354 e. The summed E-state index contributed by atoms with van der Waals surface area (Å²) in [7, 11) is 0. The first kappa shape index (κ1) is 22.4. The zero-order chi connectivity index (χ0) is 21.7. The molecule has 2 aromatic rings. The zero-order valence-electron chi connectivity index (χ0n) is 18.3. The van der Waals surface area contributed by atoms with Crippen LogP contribution in [-0.2, 0) is 9.59 Å².